The van der Waals surface area contributed by atoms with E-state index in [1.165, 1.54) is 0 Å². The van der Waals surface area contributed by atoms with Crippen LogP contribution in [0.25, 0.3) is 0 Å². The summed E-state index contributed by atoms with van der Waals surface area (Å²) in [5.41, 5.74) is -0.0296. The van der Waals surface area contributed by atoms with Crippen molar-refractivity contribution in [2.24, 2.45) is 5.41 Å². The van der Waals surface area contributed by atoms with E-state index in [1.54, 1.807) is 11.3 Å². The molecule has 1 saturated heterocycles. The van der Waals surface area contributed by atoms with Gasteiger partial charge in [0.2, 0.25) is 5.91 Å². The molecule has 1 aromatic heterocycles. The van der Waals surface area contributed by atoms with Crippen LogP contribution in [0, 0.1) is 5.41 Å². The van der Waals surface area contributed by atoms with Crippen molar-refractivity contribution < 1.29 is 4.79 Å². The summed E-state index contributed by atoms with van der Waals surface area (Å²) in [6, 6.07) is 3.75. The Hall–Kier alpha value is -0.580. The summed E-state index contributed by atoms with van der Waals surface area (Å²) >= 11 is 7.40. The van der Waals surface area contributed by atoms with Crippen LogP contribution >= 0.6 is 22.9 Å². The molecule has 0 aromatic carbocycles. The van der Waals surface area contributed by atoms with Gasteiger partial charge in [-0.2, -0.15) is 0 Å². The van der Waals surface area contributed by atoms with Crippen LogP contribution in [0.4, 0.5) is 0 Å². The molecule has 3 nitrogen and oxygen atoms in total. The smallest absolute Gasteiger partial charge is 0.237 e. The third-order valence-corrected chi connectivity index (χ3v) is 4.10. The molecular formula is C11H15ClN2OS. The van der Waals surface area contributed by atoms with E-state index < -0.39 is 0 Å². The standard InChI is InChI=1S/C11H15ClN2OS/c1-11(2)6-14-10(15)9(11)13-5-7-3-4-8(12)16-7/h3-4,9,13H,5-6H2,1-2H3,(H,14,15). The molecule has 0 aliphatic carbocycles. The van der Waals surface area contributed by atoms with Crippen LogP contribution in [-0.4, -0.2) is 18.5 Å². The molecule has 1 aliphatic heterocycles. The Kier molecular flexibility index (Phi) is 3.24. The highest BCUT2D eigenvalue weighted by Gasteiger charge is 2.40. The lowest BCUT2D eigenvalue weighted by Crippen LogP contribution is -2.43. The minimum absolute atomic E-state index is 0.0296. The first-order valence-corrected chi connectivity index (χ1v) is 6.44. The summed E-state index contributed by atoms with van der Waals surface area (Å²) in [6.45, 7) is 5.60. The van der Waals surface area contributed by atoms with Gasteiger partial charge in [0.05, 0.1) is 10.4 Å². The van der Waals surface area contributed by atoms with Crippen LogP contribution in [0.5, 0.6) is 0 Å². The average molecular weight is 259 g/mol. The molecule has 1 atom stereocenters. The maximum Gasteiger partial charge on any atom is 0.237 e. The average Bonchev–Trinajstić information content (AvgIpc) is 2.70. The topological polar surface area (TPSA) is 41.1 Å². The van der Waals surface area contributed by atoms with Gasteiger partial charge in [-0.1, -0.05) is 25.4 Å². The highest BCUT2D eigenvalue weighted by molar-refractivity contribution is 7.16. The number of nitrogens with one attached hydrogen (secondary N) is 2. The fourth-order valence-electron chi connectivity index (χ4n) is 1.89. The molecule has 0 saturated carbocycles. The normalized spacial score (nSPS) is 23.4. The molecular weight excluding hydrogens is 244 g/mol. The van der Waals surface area contributed by atoms with Gasteiger partial charge in [0.1, 0.15) is 0 Å². The van der Waals surface area contributed by atoms with Crippen molar-refractivity contribution in [2.75, 3.05) is 6.54 Å². The second-order valence-electron chi connectivity index (χ2n) is 4.73. The quantitative estimate of drug-likeness (QED) is 0.871. The van der Waals surface area contributed by atoms with Crippen molar-refractivity contribution in [1.82, 2.24) is 10.6 Å². The van der Waals surface area contributed by atoms with Crippen LogP contribution in [0.15, 0.2) is 12.1 Å². The summed E-state index contributed by atoms with van der Waals surface area (Å²) in [4.78, 5) is 12.8. The third kappa shape index (κ3) is 2.39. The fourth-order valence-corrected chi connectivity index (χ4v) is 2.93. The Labute approximate surface area is 104 Å². The predicted octanol–water partition coefficient (Wildman–Crippen LogP) is 2.02. The fraction of sp³-hybridized carbons (Fsp3) is 0.545. The number of carbonyl (C=O) groups is 1. The number of thiophene rings is 1. The first kappa shape index (κ1) is 11.9. The summed E-state index contributed by atoms with van der Waals surface area (Å²) in [6.07, 6.45) is 0. The van der Waals surface area contributed by atoms with Gasteiger partial charge in [-0.25, -0.2) is 0 Å². The number of hydrogen-bond donors (Lipinski definition) is 2. The maximum absolute atomic E-state index is 11.6. The lowest BCUT2D eigenvalue weighted by atomic mass is 9.87. The van der Waals surface area contributed by atoms with Gasteiger partial charge in [0.25, 0.3) is 0 Å². The molecule has 0 bridgehead atoms. The number of halogens is 1. The zero-order valence-corrected chi connectivity index (χ0v) is 10.9. The predicted molar refractivity (Wildman–Crippen MR) is 66.7 cm³/mol. The van der Waals surface area contributed by atoms with Crippen molar-refractivity contribution in [1.29, 1.82) is 0 Å². The Morgan fingerprint density at radius 3 is 2.88 bits per heavy atom. The number of rotatable bonds is 3. The summed E-state index contributed by atoms with van der Waals surface area (Å²) in [5.74, 6) is 0.0904. The van der Waals surface area contributed by atoms with Crippen molar-refractivity contribution in [3.63, 3.8) is 0 Å². The number of amides is 1. The summed E-state index contributed by atoms with van der Waals surface area (Å²) in [7, 11) is 0. The Morgan fingerprint density at radius 2 is 2.38 bits per heavy atom. The van der Waals surface area contributed by atoms with Gasteiger partial charge in [-0.3, -0.25) is 4.79 Å². The molecule has 88 valence electrons. The molecule has 2 N–H and O–H groups in total. The minimum Gasteiger partial charge on any atom is -0.354 e. The van der Waals surface area contributed by atoms with Crippen LogP contribution in [0.1, 0.15) is 18.7 Å². The summed E-state index contributed by atoms with van der Waals surface area (Å²) in [5, 5.41) is 6.17. The molecule has 2 heterocycles. The molecule has 0 spiro atoms. The zero-order chi connectivity index (χ0) is 11.8. The maximum atomic E-state index is 11.6. The first-order valence-electron chi connectivity index (χ1n) is 5.24. The van der Waals surface area contributed by atoms with E-state index >= 15 is 0 Å². The first-order chi connectivity index (χ1) is 7.49. The van der Waals surface area contributed by atoms with E-state index in [9.17, 15) is 4.79 Å². The van der Waals surface area contributed by atoms with Gasteiger partial charge in [-0.05, 0) is 12.1 Å². The molecule has 0 radical (unpaired) electrons. The van der Waals surface area contributed by atoms with E-state index in [0.29, 0.717) is 6.54 Å². The van der Waals surface area contributed by atoms with Crippen LogP contribution < -0.4 is 10.6 Å². The molecule has 1 amide bonds. The zero-order valence-electron chi connectivity index (χ0n) is 9.34. The molecule has 1 aliphatic rings. The third-order valence-electron chi connectivity index (χ3n) is 2.87. The Bertz CT molecular complexity index is 402. The Balaban J connectivity index is 1.97. The van der Waals surface area contributed by atoms with Crippen molar-refractivity contribution in [3.05, 3.63) is 21.3 Å². The minimum atomic E-state index is -0.117. The van der Waals surface area contributed by atoms with Crippen LogP contribution in [0.3, 0.4) is 0 Å². The lowest BCUT2D eigenvalue weighted by Gasteiger charge is -2.24. The van der Waals surface area contributed by atoms with E-state index in [1.807, 2.05) is 12.1 Å². The van der Waals surface area contributed by atoms with Gasteiger partial charge in [0, 0.05) is 23.4 Å². The monoisotopic (exact) mass is 258 g/mol. The molecule has 1 unspecified atom stereocenters. The highest BCUT2D eigenvalue weighted by atomic mass is 35.5. The van der Waals surface area contributed by atoms with Gasteiger partial charge < -0.3 is 10.6 Å². The van der Waals surface area contributed by atoms with Crippen molar-refractivity contribution in [2.45, 2.75) is 26.4 Å². The van der Waals surface area contributed by atoms with E-state index in [4.69, 9.17) is 11.6 Å². The van der Waals surface area contributed by atoms with E-state index in [0.717, 1.165) is 15.8 Å². The van der Waals surface area contributed by atoms with Gasteiger partial charge >= 0.3 is 0 Å². The SMILES string of the molecule is CC1(C)CNC(=O)C1NCc1ccc(Cl)s1. The van der Waals surface area contributed by atoms with Crippen LogP contribution in [0.2, 0.25) is 4.34 Å². The second kappa shape index (κ2) is 4.35. The van der Waals surface area contributed by atoms with Crippen molar-refractivity contribution in [3.8, 4) is 0 Å². The molecule has 16 heavy (non-hydrogen) atoms. The van der Waals surface area contributed by atoms with E-state index in [-0.39, 0.29) is 17.4 Å². The van der Waals surface area contributed by atoms with Gasteiger partial charge in [-0.15, -0.1) is 11.3 Å². The largest absolute Gasteiger partial charge is 0.354 e. The Morgan fingerprint density at radius 1 is 1.62 bits per heavy atom. The second-order valence-corrected chi connectivity index (χ2v) is 6.53. The van der Waals surface area contributed by atoms with Crippen LogP contribution in [-0.2, 0) is 11.3 Å². The molecule has 1 fully saturated rings. The number of carbonyl (C=O) groups excluding carboxylic acids is 1. The summed E-state index contributed by atoms with van der Waals surface area (Å²) < 4.78 is 0.784. The van der Waals surface area contributed by atoms with Gasteiger partial charge in [0.15, 0.2) is 0 Å². The highest BCUT2D eigenvalue weighted by Crippen LogP contribution is 2.26. The molecule has 5 heteroatoms. The molecule has 1 aromatic rings. The van der Waals surface area contributed by atoms with Crippen molar-refractivity contribution >= 4 is 28.8 Å². The van der Waals surface area contributed by atoms with E-state index in [2.05, 4.69) is 24.5 Å². The molecule has 2 rings (SSSR count). The number of hydrogen-bond acceptors (Lipinski definition) is 3. The lowest BCUT2D eigenvalue weighted by molar-refractivity contribution is -0.121.